The van der Waals surface area contributed by atoms with Gasteiger partial charge in [0.15, 0.2) is 0 Å². The summed E-state index contributed by atoms with van der Waals surface area (Å²) in [5, 5.41) is 2.64. The van der Waals surface area contributed by atoms with Crippen molar-refractivity contribution in [1.29, 1.82) is 0 Å². The topological polar surface area (TPSA) is 70.2 Å². The highest BCUT2D eigenvalue weighted by Gasteiger charge is 2.26. The Bertz CT molecular complexity index is 618. The summed E-state index contributed by atoms with van der Waals surface area (Å²) >= 11 is 0. The zero-order valence-electron chi connectivity index (χ0n) is 15.4. The van der Waals surface area contributed by atoms with Crippen LogP contribution in [0.5, 0.6) is 0 Å². The quantitative estimate of drug-likeness (QED) is 0.569. The minimum absolute atomic E-state index is 0.296. The minimum Gasteiger partial charge on any atom is -0.347 e. The van der Waals surface area contributed by atoms with Gasteiger partial charge >= 0.3 is 11.8 Å². The molecule has 3 N–H and O–H groups in total. The van der Waals surface area contributed by atoms with Gasteiger partial charge in [0.25, 0.3) is 0 Å². The molecule has 1 aromatic rings. The third kappa shape index (κ3) is 6.25. The van der Waals surface area contributed by atoms with Crippen LogP contribution in [0, 0.1) is 11.3 Å². The first-order chi connectivity index (χ1) is 11.9. The lowest BCUT2D eigenvalue weighted by Gasteiger charge is -2.33. The molecule has 0 bridgehead atoms. The maximum absolute atomic E-state index is 11.8. The number of hydrazine groups is 1. The number of rotatable bonds is 5. The molecule has 0 saturated heterocycles. The lowest BCUT2D eigenvalue weighted by molar-refractivity contribution is -0.139. The van der Waals surface area contributed by atoms with Crippen LogP contribution in [0.15, 0.2) is 42.1 Å². The second-order valence-electron chi connectivity index (χ2n) is 7.64. The maximum atomic E-state index is 11.8. The van der Waals surface area contributed by atoms with Crippen molar-refractivity contribution in [2.75, 3.05) is 6.54 Å². The van der Waals surface area contributed by atoms with Crippen molar-refractivity contribution in [3.8, 4) is 0 Å². The van der Waals surface area contributed by atoms with E-state index in [0.29, 0.717) is 24.3 Å². The SMILES string of the molecule is CC(C)(C)[C@H]1CC=C(NNC(=O)C(=O)NCCc2ccccc2)CC1. The van der Waals surface area contributed by atoms with Gasteiger partial charge in [0.1, 0.15) is 0 Å². The highest BCUT2D eigenvalue weighted by Crippen LogP contribution is 2.36. The Morgan fingerprint density at radius 1 is 1.12 bits per heavy atom. The molecular formula is C20H29N3O2. The van der Waals surface area contributed by atoms with Crippen molar-refractivity contribution in [2.45, 2.75) is 46.5 Å². The molecule has 0 spiro atoms. The molecule has 2 rings (SSSR count). The Labute approximate surface area is 150 Å². The maximum Gasteiger partial charge on any atom is 0.327 e. The molecule has 25 heavy (non-hydrogen) atoms. The summed E-state index contributed by atoms with van der Waals surface area (Å²) in [4.78, 5) is 23.6. The molecule has 136 valence electrons. The van der Waals surface area contributed by atoms with E-state index in [2.05, 4.69) is 43.0 Å². The zero-order valence-corrected chi connectivity index (χ0v) is 15.4. The van der Waals surface area contributed by atoms with E-state index in [4.69, 9.17) is 0 Å². The average molecular weight is 343 g/mol. The van der Waals surface area contributed by atoms with Gasteiger partial charge in [0.05, 0.1) is 0 Å². The number of carbonyl (C=O) groups is 2. The second-order valence-corrected chi connectivity index (χ2v) is 7.64. The monoisotopic (exact) mass is 343 g/mol. The summed E-state index contributed by atoms with van der Waals surface area (Å²) in [6, 6.07) is 9.85. The van der Waals surface area contributed by atoms with Gasteiger partial charge in [0.2, 0.25) is 0 Å². The molecule has 1 aromatic carbocycles. The number of carbonyl (C=O) groups excluding carboxylic acids is 2. The van der Waals surface area contributed by atoms with Crippen molar-refractivity contribution in [3.63, 3.8) is 0 Å². The third-order valence-corrected chi connectivity index (χ3v) is 4.72. The fourth-order valence-electron chi connectivity index (χ4n) is 2.97. The van der Waals surface area contributed by atoms with Gasteiger partial charge in [-0.3, -0.25) is 15.0 Å². The Balaban J connectivity index is 1.68. The van der Waals surface area contributed by atoms with Gasteiger partial charge in [-0.2, -0.15) is 0 Å². The normalized spacial score (nSPS) is 17.4. The average Bonchev–Trinajstić information content (AvgIpc) is 2.60. The van der Waals surface area contributed by atoms with E-state index < -0.39 is 11.8 Å². The summed E-state index contributed by atoms with van der Waals surface area (Å²) in [6.07, 6.45) is 5.78. The summed E-state index contributed by atoms with van der Waals surface area (Å²) in [5.74, 6) is -0.630. The molecule has 0 radical (unpaired) electrons. The summed E-state index contributed by atoms with van der Waals surface area (Å²) in [6.45, 7) is 7.20. The molecule has 0 heterocycles. The zero-order chi connectivity index (χ0) is 18.3. The molecular weight excluding hydrogens is 314 g/mol. The van der Waals surface area contributed by atoms with Gasteiger partial charge in [-0.25, -0.2) is 0 Å². The first kappa shape index (κ1) is 19.0. The van der Waals surface area contributed by atoms with E-state index in [0.717, 1.165) is 30.5 Å². The van der Waals surface area contributed by atoms with Crippen molar-refractivity contribution in [3.05, 3.63) is 47.7 Å². The van der Waals surface area contributed by atoms with Crippen LogP contribution in [0.3, 0.4) is 0 Å². The summed E-state index contributed by atoms with van der Waals surface area (Å²) in [7, 11) is 0. The molecule has 1 aliphatic carbocycles. The van der Waals surface area contributed by atoms with Crippen LogP contribution in [0.25, 0.3) is 0 Å². The molecule has 2 amide bonds. The van der Waals surface area contributed by atoms with Crippen LogP contribution in [0.4, 0.5) is 0 Å². The highest BCUT2D eigenvalue weighted by atomic mass is 16.2. The van der Waals surface area contributed by atoms with Gasteiger partial charge in [-0.15, -0.1) is 0 Å². The predicted octanol–water partition coefficient (Wildman–Crippen LogP) is 2.70. The first-order valence-electron chi connectivity index (χ1n) is 8.93. The molecule has 1 aliphatic rings. The van der Waals surface area contributed by atoms with E-state index in [1.54, 1.807) is 0 Å². The minimum atomic E-state index is -0.660. The van der Waals surface area contributed by atoms with Crippen LogP contribution in [-0.4, -0.2) is 18.4 Å². The number of allylic oxidation sites excluding steroid dienone is 2. The van der Waals surface area contributed by atoms with E-state index in [1.165, 1.54) is 0 Å². The van der Waals surface area contributed by atoms with E-state index >= 15 is 0 Å². The second kappa shape index (κ2) is 8.70. The van der Waals surface area contributed by atoms with Gasteiger partial charge in [-0.1, -0.05) is 57.2 Å². The number of benzene rings is 1. The van der Waals surface area contributed by atoms with Gasteiger partial charge < -0.3 is 10.7 Å². The van der Waals surface area contributed by atoms with Gasteiger partial charge in [0, 0.05) is 12.2 Å². The molecule has 0 unspecified atom stereocenters. The largest absolute Gasteiger partial charge is 0.347 e. The van der Waals surface area contributed by atoms with E-state index in [-0.39, 0.29) is 0 Å². The predicted molar refractivity (Wildman–Crippen MR) is 99.3 cm³/mol. The lowest BCUT2D eigenvalue weighted by atomic mass is 9.74. The van der Waals surface area contributed by atoms with Crippen LogP contribution in [0.1, 0.15) is 45.6 Å². The Morgan fingerprint density at radius 3 is 2.44 bits per heavy atom. The molecule has 0 aliphatic heterocycles. The van der Waals surface area contributed by atoms with Crippen LogP contribution in [-0.2, 0) is 16.0 Å². The molecule has 0 aromatic heterocycles. The molecule has 1 atom stereocenters. The lowest BCUT2D eigenvalue weighted by Crippen LogP contribution is -2.46. The van der Waals surface area contributed by atoms with Crippen molar-refractivity contribution in [1.82, 2.24) is 16.2 Å². The van der Waals surface area contributed by atoms with Crippen LogP contribution >= 0.6 is 0 Å². The van der Waals surface area contributed by atoms with Crippen molar-refractivity contribution < 1.29 is 9.59 Å². The fraction of sp³-hybridized carbons (Fsp3) is 0.500. The van der Waals surface area contributed by atoms with E-state index in [1.807, 2.05) is 30.3 Å². The third-order valence-electron chi connectivity index (χ3n) is 4.72. The fourth-order valence-corrected chi connectivity index (χ4v) is 2.97. The van der Waals surface area contributed by atoms with Crippen LogP contribution in [0.2, 0.25) is 0 Å². The highest BCUT2D eigenvalue weighted by molar-refractivity contribution is 6.34. The van der Waals surface area contributed by atoms with Gasteiger partial charge in [-0.05, 0) is 42.6 Å². The molecule has 0 fully saturated rings. The summed E-state index contributed by atoms with van der Waals surface area (Å²) < 4.78 is 0. The summed E-state index contributed by atoms with van der Waals surface area (Å²) in [5.41, 5.74) is 7.77. The Hall–Kier alpha value is -2.30. The van der Waals surface area contributed by atoms with Crippen molar-refractivity contribution in [2.24, 2.45) is 11.3 Å². The smallest absolute Gasteiger partial charge is 0.327 e. The number of hydrogen-bond donors (Lipinski definition) is 3. The molecule has 5 heteroatoms. The number of amides is 2. The number of nitrogens with one attached hydrogen (secondary N) is 3. The Morgan fingerprint density at radius 2 is 1.84 bits per heavy atom. The molecule has 5 nitrogen and oxygen atoms in total. The number of hydrogen-bond acceptors (Lipinski definition) is 3. The molecule has 0 saturated carbocycles. The Kier molecular flexibility index (Phi) is 6.62. The standard InChI is InChI=1S/C20H29N3O2/c1-20(2,3)16-9-11-17(12-10-16)22-23-19(25)18(24)21-14-13-15-7-5-4-6-8-15/h4-8,11,16,22H,9-10,12-14H2,1-3H3,(H,21,24)(H,23,25)/t16-/m0/s1. The van der Waals surface area contributed by atoms with E-state index in [9.17, 15) is 9.59 Å². The first-order valence-corrected chi connectivity index (χ1v) is 8.93. The van der Waals surface area contributed by atoms with Crippen LogP contribution < -0.4 is 16.2 Å². The van der Waals surface area contributed by atoms with Crippen molar-refractivity contribution >= 4 is 11.8 Å².